The molecule has 11 heteroatoms. The van der Waals surface area contributed by atoms with Gasteiger partial charge in [-0.25, -0.2) is 4.79 Å². The molecule has 0 unspecified atom stereocenters. The molecular formula is C24H32N6O5. The maximum atomic E-state index is 13.0. The predicted octanol–water partition coefficient (Wildman–Crippen LogP) is -0.387. The van der Waals surface area contributed by atoms with E-state index in [0.717, 1.165) is 11.1 Å². The van der Waals surface area contributed by atoms with Crippen LogP contribution in [0.25, 0.3) is 0 Å². The minimum absolute atomic E-state index is 0.0950. The highest BCUT2D eigenvalue weighted by Gasteiger charge is 2.28. The van der Waals surface area contributed by atoms with Crippen molar-refractivity contribution >= 4 is 23.7 Å². The fourth-order valence-electron chi connectivity index (χ4n) is 3.35. The lowest BCUT2D eigenvalue weighted by Gasteiger charge is -2.23. The van der Waals surface area contributed by atoms with E-state index < -0.39 is 35.9 Å². The molecule has 0 aromatic heterocycles. The summed E-state index contributed by atoms with van der Waals surface area (Å²) in [6, 6.07) is 12.1. The average Bonchev–Trinajstić information content (AvgIpc) is 2.82. The second-order valence-corrected chi connectivity index (χ2v) is 8.08. The molecule has 0 aliphatic carbocycles. The summed E-state index contributed by atoms with van der Waals surface area (Å²) < 4.78 is 0. The van der Waals surface area contributed by atoms with E-state index in [2.05, 4.69) is 15.6 Å². The summed E-state index contributed by atoms with van der Waals surface area (Å²) in [5.41, 5.74) is 18.1. The van der Waals surface area contributed by atoms with E-state index in [1.807, 2.05) is 6.07 Å². The summed E-state index contributed by atoms with van der Waals surface area (Å²) in [5.74, 6) is -2.42. The summed E-state index contributed by atoms with van der Waals surface area (Å²) >= 11 is 0. The average molecular weight is 485 g/mol. The van der Waals surface area contributed by atoms with Gasteiger partial charge < -0.3 is 38.0 Å². The van der Waals surface area contributed by atoms with Crippen LogP contribution in [0, 0.1) is 0 Å². The molecule has 0 heterocycles. The molecule has 2 rings (SSSR count). The Kier molecular flexibility index (Phi) is 10.5. The van der Waals surface area contributed by atoms with Crippen LogP contribution in [0.5, 0.6) is 5.75 Å². The third-order valence-electron chi connectivity index (χ3n) is 5.20. The van der Waals surface area contributed by atoms with Crippen molar-refractivity contribution in [3.05, 3.63) is 65.7 Å². The molecule has 2 aromatic rings. The van der Waals surface area contributed by atoms with Crippen LogP contribution in [-0.4, -0.2) is 58.6 Å². The van der Waals surface area contributed by atoms with Gasteiger partial charge in [0.05, 0.1) is 6.04 Å². The maximum absolute atomic E-state index is 13.0. The monoisotopic (exact) mass is 484 g/mol. The zero-order chi connectivity index (χ0) is 25.8. The maximum Gasteiger partial charge on any atom is 0.326 e. The molecule has 0 aliphatic rings. The molecule has 35 heavy (non-hydrogen) atoms. The number of nitrogens with one attached hydrogen (secondary N) is 2. The van der Waals surface area contributed by atoms with Crippen molar-refractivity contribution in [3.8, 4) is 5.75 Å². The highest BCUT2D eigenvalue weighted by molar-refractivity contribution is 5.92. The van der Waals surface area contributed by atoms with Crippen LogP contribution >= 0.6 is 0 Å². The molecule has 0 saturated carbocycles. The number of carbonyl (C=O) groups excluding carboxylic acids is 2. The van der Waals surface area contributed by atoms with Crippen molar-refractivity contribution in [1.29, 1.82) is 0 Å². The zero-order valence-electron chi connectivity index (χ0n) is 19.3. The Morgan fingerprint density at radius 2 is 1.46 bits per heavy atom. The van der Waals surface area contributed by atoms with E-state index in [9.17, 15) is 24.6 Å². The zero-order valence-corrected chi connectivity index (χ0v) is 19.3. The van der Waals surface area contributed by atoms with Crippen LogP contribution in [0.3, 0.4) is 0 Å². The lowest BCUT2D eigenvalue weighted by Crippen LogP contribution is -2.55. The Balaban J connectivity index is 2.09. The van der Waals surface area contributed by atoms with Gasteiger partial charge >= 0.3 is 5.97 Å². The molecule has 0 bridgehead atoms. The minimum atomic E-state index is -1.21. The Bertz CT molecular complexity index is 1010. The topological polar surface area (TPSA) is 206 Å². The molecule has 0 fully saturated rings. The van der Waals surface area contributed by atoms with Crippen molar-refractivity contribution < 1.29 is 24.6 Å². The first-order valence-electron chi connectivity index (χ1n) is 11.1. The SMILES string of the molecule is NC(N)=NCCC[C@H](NC(=O)[C@@H](Cc1ccccc1)NC(=O)[C@@H](N)Cc1ccc(O)cc1)C(=O)O. The molecular weight excluding hydrogens is 452 g/mol. The van der Waals surface area contributed by atoms with Gasteiger partial charge in [0.25, 0.3) is 0 Å². The molecule has 0 spiro atoms. The number of aliphatic carboxylic acids is 1. The van der Waals surface area contributed by atoms with Crippen LogP contribution in [0.2, 0.25) is 0 Å². The highest BCUT2D eigenvalue weighted by atomic mass is 16.4. The molecule has 0 radical (unpaired) electrons. The van der Waals surface area contributed by atoms with E-state index in [-0.39, 0.29) is 37.5 Å². The first-order chi connectivity index (χ1) is 16.7. The molecule has 11 nitrogen and oxygen atoms in total. The van der Waals surface area contributed by atoms with Crippen LogP contribution in [0.1, 0.15) is 24.0 Å². The number of nitrogens with zero attached hydrogens (tertiary/aromatic N) is 1. The molecule has 0 aliphatic heterocycles. The third kappa shape index (κ3) is 9.72. The molecule has 10 N–H and O–H groups in total. The van der Waals surface area contributed by atoms with Gasteiger partial charge in [-0.1, -0.05) is 42.5 Å². The normalized spacial score (nSPS) is 13.2. The van der Waals surface area contributed by atoms with Crippen molar-refractivity contribution in [2.24, 2.45) is 22.2 Å². The smallest absolute Gasteiger partial charge is 0.326 e. The van der Waals surface area contributed by atoms with E-state index >= 15 is 0 Å². The fraction of sp³-hybridized carbons (Fsp3) is 0.333. The number of guanidine groups is 1. The van der Waals surface area contributed by atoms with Crippen molar-refractivity contribution in [2.75, 3.05) is 6.54 Å². The van der Waals surface area contributed by atoms with Gasteiger partial charge in [-0.3, -0.25) is 14.6 Å². The van der Waals surface area contributed by atoms with Gasteiger partial charge in [-0.15, -0.1) is 0 Å². The lowest BCUT2D eigenvalue weighted by molar-refractivity contribution is -0.142. The Hall–Kier alpha value is -4.12. The van der Waals surface area contributed by atoms with E-state index in [4.69, 9.17) is 17.2 Å². The number of aromatic hydroxyl groups is 1. The van der Waals surface area contributed by atoms with Gasteiger partial charge in [0.15, 0.2) is 5.96 Å². The Morgan fingerprint density at radius 1 is 0.857 bits per heavy atom. The lowest BCUT2D eigenvalue weighted by atomic mass is 10.0. The number of amides is 2. The number of benzene rings is 2. The summed E-state index contributed by atoms with van der Waals surface area (Å²) in [6.45, 7) is 0.221. The Morgan fingerprint density at radius 3 is 2.06 bits per heavy atom. The van der Waals surface area contributed by atoms with Crippen LogP contribution in [-0.2, 0) is 27.2 Å². The van der Waals surface area contributed by atoms with Gasteiger partial charge in [0, 0.05) is 13.0 Å². The van der Waals surface area contributed by atoms with E-state index in [1.54, 1.807) is 36.4 Å². The number of phenolic OH excluding ortho intramolecular Hbond substituents is 1. The number of hydrogen-bond acceptors (Lipinski definition) is 6. The number of aliphatic imine (C=N–C) groups is 1. The highest BCUT2D eigenvalue weighted by Crippen LogP contribution is 2.11. The van der Waals surface area contributed by atoms with Crippen molar-refractivity contribution in [3.63, 3.8) is 0 Å². The number of hydrogen-bond donors (Lipinski definition) is 7. The van der Waals surface area contributed by atoms with Gasteiger partial charge in [-0.05, 0) is 42.5 Å². The van der Waals surface area contributed by atoms with Crippen LogP contribution in [0.15, 0.2) is 59.6 Å². The molecule has 188 valence electrons. The van der Waals surface area contributed by atoms with E-state index in [1.165, 1.54) is 12.1 Å². The fourth-order valence-corrected chi connectivity index (χ4v) is 3.35. The summed E-state index contributed by atoms with van der Waals surface area (Å²) in [4.78, 5) is 41.3. The number of phenols is 1. The molecule has 2 aromatic carbocycles. The van der Waals surface area contributed by atoms with Gasteiger partial charge in [0.2, 0.25) is 11.8 Å². The first kappa shape index (κ1) is 27.1. The number of nitrogens with two attached hydrogens (primary N) is 3. The second-order valence-electron chi connectivity index (χ2n) is 8.08. The van der Waals surface area contributed by atoms with Crippen LogP contribution < -0.4 is 27.8 Å². The molecule has 2 amide bonds. The largest absolute Gasteiger partial charge is 0.508 e. The number of carbonyl (C=O) groups is 3. The standard InChI is InChI=1S/C24H32N6O5/c25-18(13-16-8-10-17(31)11-9-16)21(32)30-20(14-15-5-2-1-3-6-15)22(33)29-19(23(34)35)7-4-12-28-24(26)27/h1-3,5-6,8-11,18-20,31H,4,7,12-14,25H2,(H,29,33)(H,30,32)(H,34,35)(H4,26,27,28)/t18-,19-,20+/m0/s1. The van der Waals surface area contributed by atoms with Crippen molar-refractivity contribution in [2.45, 2.75) is 43.8 Å². The summed E-state index contributed by atoms with van der Waals surface area (Å²) in [5, 5.41) is 24.1. The number of carboxylic acid groups (broad SMARTS) is 1. The second kappa shape index (κ2) is 13.6. The summed E-state index contributed by atoms with van der Waals surface area (Å²) in [7, 11) is 0. The Labute approximate surface area is 203 Å². The van der Waals surface area contributed by atoms with E-state index in [0.29, 0.717) is 6.42 Å². The van der Waals surface area contributed by atoms with Crippen molar-refractivity contribution in [1.82, 2.24) is 10.6 Å². The minimum Gasteiger partial charge on any atom is -0.508 e. The summed E-state index contributed by atoms with van der Waals surface area (Å²) in [6.07, 6.45) is 0.769. The predicted molar refractivity (Wildman–Crippen MR) is 131 cm³/mol. The van der Waals surface area contributed by atoms with Gasteiger partial charge in [-0.2, -0.15) is 0 Å². The molecule has 3 atom stereocenters. The number of carboxylic acids is 1. The first-order valence-corrected chi connectivity index (χ1v) is 11.1. The third-order valence-corrected chi connectivity index (χ3v) is 5.20. The number of rotatable bonds is 13. The quantitative estimate of drug-likeness (QED) is 0.113. The van der Waals surface area contributed by atoms with Crippen LogP contribution in [0.4, 0.5) is 0 Å². The molecule has 0 saturated heterocycles. The van der Waals surface area contributed by atoms with Gasteiger partial charge in [0.1, 0.15) is 17.8 Å².